The van der Waals surface area contributed by atoms with E-state index in [-0.39, 0.29) is 48.3 Å². The number of amides is 4. The molecule has 1 saturated heterocycles. The summed E-state index contributed by atoms with van der Waals surface area (Å²) in [6.45, 7) is 2.66. The molecule has 13 nitrogen and oxygen atoms in total. The van der Waals surface area contributed by atoms with Crippen LogP contribution in [0, 0.1) is 11.3 Å². The number of anilines is 1. The van der Waals surface area contributed by atoms with Gasteiger partial charge in [-0.15, -0.1) is 5.10 Å². The molecule has 4 heterocycles. The van der Waals surface area contributed by atoms with Crippen molar-refractivity contribution >= 4 is 29.3 Å². The number of carbonyl (C=O) groups excluding carboxylic acids is 4. The Morgan fingerprint density at radius 2 is 2.11 bits per heavy atom. The van der Waals surface area contributed by atoms with E-state index in [9.17, 15) is 24.4 Å². The van der Waals surface area contributed by atoms with Crippen molar-refractivity contribution in [1.82, 2.24) is 35.0 Å². The normalized spacial score (nSPS) is 17.2. The van der Waals surface area contributed by atoms with E-state index >= 15 is 0 Å². The van der Waals surface area contributed by atoms with Crippen molar-refractivity contribution in [3.05, 3.63) is 53.1 Å². The van der Waals surface area contributed by atoms with E-state index in [1.165, 1.54) is 20.5 Å². The number of benzene rings is 1. The number of nitriles is 1. The topological polar surface area (TPSA) is 168 Å². The monoisotopic (exact) mass is 473 g/mol. The minimum absolute atomic E-state index is 0.00938. The van der Waals surface area contributed by atoms with E-state index in [0.717, 1.165) is 5.56 Å². The van der Waals surface area contributed by atoms with Crippen LogP contribution in [0.4, 0.5) is 5.69 Å². The second-order valence-corrected chi connectivity index (χ2v) is 8.10. The van der Waals surface area contributed by atoms with Crippen LogP contribution in [0.25, 0.3) is 5.69 Å². The first-order valence-electron chi connectivity index (χ1n) is 10.9. The van der Waals surface area contributed by atoms with E-state index in [1.807, 2.05) is 13.0 Å². The van der Waals surface area contributed by atoms with Gasteiger partial charge >= 0.3 is 0 Å². The van der Waals surface area contributed by atoms with Crippen molar-refractivity contribution in [1.29, 1.82) is 5.26 Å². The number of rotatable bonds is 5. The van der Waals surface area contributed by atoms with Crippen LogP contribution < -0.4 is 10.6 Å². The summed E-state index contributed by atoms with van der Waals surface area (Å²) in [6.07, 6.45) is 3.43. The Balaban J connectivity index is 1.34. The zero-order valence-corrected chi connectivity index (χ0v) is 18.6. The molecule has 2 aliphatic rings. The second-order valence-electron chi connectivity index (χ2n) is 8.10. The average molecular weight is 473 g/mol. The lowest BCUT2D eigenvalue weighted by molar-refractivity contribution is -0.136. The van der Waals surface area contributed by atoms with Crippen molar-refractivity contribution < 1.29 is 19.2 Å². The maximum atomic E-state index is 13.0. The third kappa shape index (κ3) is 3.90. The summed E-state index contributed by atoms with van der Waals surface area (Å²) in [5.41, 5.74) is 2.04. The molecule has 0 radical (unpaired) electrons. The minimum atomic E-state index is -0.701. The minimum Gasteiger partial charge on any atom is -0.322 e. The fourth-order valence-corrected chi connectivity index (χ4v) is 4.12. The van der Waals surface area contributed by atoms with Crippen molar-refractivity contribution in [2.75, 3.05) is 5.32 Å². The van der Waals surface area contributed by atoms with Crippen molar-refractivity contribution in [2.45, 2.75) is 38.9 Å². The molecule has 1 atom stereocenters. The summed E-state index contributed by atoms with van der Waals surface area (Å²) in [6, 6.07) is 6.35. The molecule has 2 aromatic heterocycles. The Bertz CT molecular complexity index is 1430. The highest BCUT2D eigenvalue weighted by Gasteiger charge is 2.39. The van der Waals surface area contributed by atoms with Crippen LogP contribution in [-0.4, -0.2) is 59.3 Å². The Hall–Kier alpha value is -4.86. The molecule has 2 N–H and O–H groups in total. The van der Waals surface area contributed by atoms with Gasteiger partial charge < -0.3 is 10.2 Å². The molecule has 2 aliphatic heterocycles. The van der Waals surface area contributed by atoms with E-state index < -0.39 is 17.9 Å². The third-order valence-corrected chi connectivity index (χ3v) is 5.94. The van der Waals surface area contributed by atoms with E-state index in [0.29, 0.717) is 17.8 Å². The van der Waals surface area contributed by atoms with Gasteiger partial charge in [-0.05, 0) is 31.0 Å². The zero-order valence-electron chi connectivity index (χ0n) is 18.6. The summed E-state index contributed by atoms with van der Waals surface area (Å²) in [5.74, 6) is -1.69. The lowest BCUT2D eigenvalue weighted by atomic mass is 10.0. The van der Waals surface area contributed by atoms with Crippen molar-refractivity contribution in [3.63, 3.8) is 0 Å². The number of imide groups is 1. The van der Waals surface area contributed by atoms with Crippen molar-refractivity contribution in [2.24, 2.45) is 0 Å². The van der Waals surface area contributed by atoms with Gasteiger partial charge in [-0.3, -0.25) is 29.2 Å². The fourth-order valence-electron chi connectivity index (χ4n) is 4.12. The SMILES string of the molecule is CCn1cc(NC(=O)c2cn(-c3ccc4c(c3)C(=O)N(C3CCC(=O)NC3=O)C4)nn2)c(C#N)n1. The van der Waals surface area contributed by atoms with E-state index in [1.54, 1.807) is 24.4 Å². The third-order valence-electron chi connectivity index (χ3n) is 5.94. The van der Waals surface area contributed by atoms with Crippen LogP contribution in [0.3, 0.4) is 0 Å². The summed E-state index contributed by atoms with van der Waals surface area (Å²) in [4.78, 5) is 50.8. The van der Waals surface area contributed by atoms with Gasteiger partial charge in [-0.1, -0.05) is 11.3 Å². The van der Waals surface area contributed by atoms with Crippen LogP contribution in [-0.2, 0) is 22.7 Å². The maximum Gasteiger partial charge on any atom is 0.277 e. The molecule has 176 valence electrons. The summed E-state index contributed by atoms with van der Waals surface area (Å²) < 4.78 is 2.89. The Kier molecular flexibility index (Phi) is 5.33. The summed E-state index contributed by atoms with van der Waals surface area (Å²) in [7, 11) is 0. The first-order valence-corrected chi connectivity index (χ1v) is 10.9. The molecular formula is C22H19N9O4. The quantitative estimate of drug-likeness (QED) is 0.501. The lowest BCUT2D eigenvalue weighted by Crippen LogP contribution is -2.52. The molecule has 5 rings (SSSR count). The molecule has 35 heavy (non-hydrogen) atoms. The number of hydrogen-bond acceptors (Lipinski definition) is 8. The van der Waals surface area contributed by atoms with Gasteiger partial charge in [-0.25, -0.2) is 4.68 Å². The Labute approximate surface area is 198 Å². The molecule has 0 saturated carbocycles. The molecule has 0 spiro atoms. The van der Waals surface area contributed by atoms with E-state index in [2.05, 4.69) is 26.0 Å². The van der Waals surface area contributed by atoms with Gasteiger partial charge in [0.2, 0.25) is 11.8 Å². The van der Waals surface area contributed by atoms with Gasteiger partial charge in [0.1, 0.15) is 12.1 Å². The predicted molar refractivity (Wildman–Crippen MR) is 118 cm³/mol. The number of piperidine rings is 1. The summed E-state index contributed by atoms with van der Waals surface area (Å²) >= 11 is 0. The standard InChI is InChI=1S/C22H19N9O4/c1-2-29-10-16(15(8-23)27-29)24-20(33)17-11-31(28-26-17)13-4-3-12-9-30(22(35)14(12)7-13)18-5-6-19(32)25-21(18)34/h3-4,7,10-11,18H,2,5-6,9H2,1H3,(H,24,33)(H,25,32,34). The number of nitrogens with zero attached hydrogens (tertiary/aromatic N) is 7. The predicted octanol–water partition coefficient (Wildman–Crippen LogP) is 0.369. The van der Waals surface area contributed by atoms with Gasteiger partial charge in [0.25, 0.3) is 11.8 Å². The highest BCUT2D eigenvalue weighted by atomic mass is 16.2. The van der Waals surface area contributed by atoms with Crippen LogP contribution in [0.1, 0.15) is 51.9 Å². The van der Waals surface area contributed by atoms with Gasteiger partial charge in [-0.2, -0.15) is 10.4 Å². The number of aryl methyl sites for hydroxylation is 1. The van der Waals surface area contributed by atoms with Gasteiger partial charge in [0.15, 0.2) is 11.4 Å². The van der Waals surface area contributed by atoms with Crippen LogP contribution in [0.15, 0.2) is 30.6 Å². The number of fused-ring (bicyclic) bond motifs is 1. The molecule has 1 fully saturated rings. The second kappa shape index (κ2) is 8.49. The number of hydrogen-bond donors (Lipinski definition) is 2. The van der Waals surface area contributed by atoms with E-state index in [4.69, 9.17) is 0 Å². The molecule has 1 aromatic carbocycles. The Morgan fingerprint density at radius 1 is 1.29 bits per heavy atom. The zero-order chi connectivity index (χ0) is 24.7. The average Bonchev–Trinajstić information content (AvgIpc) is 3.56. The van der Waals surface area contributed by atoms with Crippen LogP contribution in [0.2, 0.25) is 0 Å². The Morgan fingerprint density at radius 3 is 2.86 bits per heavy atom. The lowest BCUT2D eigenvalue weighted by Gasteiger charge is -2.29. The smallest absolute Gasteiger partial charge is 0.277 e. The first-order chi connectivity index (χ1) is 16.9. The number of aromatic nitrogens is 5. The molecule has 3 aromatic rings. The highest BCUT2D eigenvalue weighted by Crippen LogP contribution is 2.29. The van der Waals surface area contributed by atoms with Gasteiger partial charge in [0.05, 0.1) is 17.6 Å². The summed E-state index contributed by atoms with van der Waals surface area (Å²) in [5, 5.41) is 26.0. The number of nitrogens with one attached hydrogen (secondary N) is 2. The van der Waals surface area contributed by atoms with Crippen LogP contribution >= 0.6 is 0 Å². The largest absolute Gasteiger partial charge is 0.322 e. The number of carbonyl (C=O) groups is 4. The molecule has 0 bridgehead atoms. The molecule has 13 heteroatoms. The van der Waals surface area contributed by atoms with Gasteiger partial charge in [0, 0.05) is 31.3 Å². The maximum absolute atomic E-state index is 13.0. The molecule has 0 aliphatic carbocycles. The first kappa shape index (κ1) is 22.0. The molecule has 4 amide bonds. The highest BCUT2D eigenvalue weighted by molar-refractivity contribution is 6.05. The molecule has 1 unspecified atom stereocenters. The van der Waals surface area contributed by atoms with Crippen LogP contribution in [0.5, 0.6) is 0 Å². The van der Waals surface area contributed by atoms with Crippen molar-refractivity contribution in [3.8, 4) is 11.8 Å². The molecular weight excluding hydrogens is 454 g/mol. The fraction of sp³-hybridized carbons (Fsp3) is 0.273.